The van der Waals surface area contributed by atoms with Gasteiger partial charge in [0.2, 0.25) is 0 Å². The molecular weight excluding hydrogens is 479 g/mol. The molecular formula is C20H42O2Pb. The van der Waals surface area contributed by atoms with Crippen molar-refractivity contribution < 1.29 is 9.90 Å². The van der Waals surface area contributed by atoms with Crippen LogP contribution in [-0.4, -0.2) is 38.4 Å². The molecule has 0 aromatic rings. The summed E-state index contributed by atoms with van der Waals surface area (Å²) in [6.45, 7) is 2.28. The third kappa shape index (κ3) is 24.8. The maximum atomic E-state index is 10.4. The first-order chi connectivity index (χ1) is 10.8. The van der Waals surface area contributed by atoms with E-state index in [0.29, 0.717) is 6.42 Å². The molecule has 0 aromatic carbocycles. The predicted octanol–water partition coefficient (Wildman–Crippen LogP) is 6.20. The van der Waals surface area contributed by atoms with Crippen LogP contribution in [0.5, 0.6) is 0 Å². The molecule has 23 heavy (non-hydrogen) atoms. The van der Waals surface area contributed by atoms with E-state index in [2.05, 4.69) is 6.92 Å². The summed E-state index contributed by atoms with van der Waals surface area (Å²) >= 11 is 0. The Kier molecular flexibility index (Phi) is 25.0. The van der Waals surface area contributed by atoms with Crippen LogP contribution < -0.4 is 0 Å². The summed E-state index contributed by atoms with van der Waals surface area (Å²) < 4.78 is 0. The van der Waals surface area contributed by atoms with E-state index in [1.807, 2.05) is 0 Å². The first kappa shape index (κ1) is 25.6. The summed E-state index contributed by atoms with van der Waals surface area (Å²) in [6, 6.07) is 0. The molecule has 0 unspecified atom stereocenters. The number of carboxylic acids is 1. The van der Waals surface area contributed by atoms with Gasteiger partial charge in [0.25, 0.3) is 0 Å². The van der Waals surface area contributed by atoms with Crippen LogP contribution in [0, 0.1) is 0 Å². The minimum atomic E-state index is -0.652. The summed E-state index contributed by atoms with van der Waals surface area (Å²) in [5.74, 6) is -0.652. The SMILES string of the molecule is CCCCCCCCCCCCCCCCCCCC(=O)O.[PbH2]. The second-order valence-electron chi connectivity index (χ2n) is 6.80. The van der Waals surface area contributed by atoms with Crippen LogP contribution in [0.15, 0.2) is 0 Å². The van der Waals surface area contributed by atoms with Gasteiger partial charge in [-0.15, -0.1) is 0 Å². The van der Waals surface area contributed by atoms with Crippen molar-refractivity contribution in [3.63, 3.8) is 0 Å². The van der Waals surface area contributed by atoms with Crippen molar-refractivity contribution in [2.24, 2.45) is 0 Å². The number of carboxylic acid groups (broad SMARTS) is 1. The number of aliphatic carboxylic acids is 1. The van der Waals surface area contributed by atoms with E-state index in [4.69, 9.17) is 5.11 Å². The van der Waals surface area contributed by atoms with Crippen LogP contribution in [-0.2, 0) is 4.79 Å². The molecule has 0 fully saturated rings. The van der Waals surface area contributed by atoms with Crippen molar-refractivity contribution >= 4 is 33.3 Å². The van der Waals surface area contributed by atoms with E-state index in [-0.39, 0.29) is 27.3 Å². The molecule has 0 amide bonds. The second kappa shape index (κ2) is 22.4. The maximum absolute atomic E-state index is 10.4. The van der Waals surface area contributed by atoms with Gasteiger partial charge in [-0.1, -0.05) is 110 Å². The molecule has 0 saturated heterocycles. The summed E-state index contributed by atoms with van der Waals surface area (Å²) in [7, 11) is 0. The Hall–Kier alpha value is 0.392. The van der Waals surface area contributed by atoms with Gasteiger partial charge in [-0.05, 0) is 6.42 Å². The van der Waals surface area contributed by atoms with Gasteiger partial charge >= 0.3 is 33.3 Å². The standard InChI is InChI=1S/C20H40O2.Pb.2H/c1-2-3-4-5-6-7-8-9-10-11-12-13-14-15-16-17-18-19-20(21)22;;;/h2-19H2,1H3,(H,21,22);;;. The molecule has 0 heterocycles. The van der Waals surface area contributed by atoms with Crippen LogP contribution in [0.2, 0.25) is 0 Å². The average molecular weight is 522 g/mol. The molecule has 138 valence electrons. The molecule has 0 saturated carbocycles. The van der Waals surface area contributed by atoms with E-state index < -0.39 is 5.97 Å². The molecule has 1 N–H and O–H groups in total. The van der Waals surface area contributed by atoms with E-state index in [1.165, 1.54) is 96.3 Å². The molecule has 0 aliphatic heterocycles. The molecule has 2 nitrogen and oxygen atoms in total. The molecule has 0 atom stereocenters. The summed E-state index contributed by atoms with van der Waals surface area (Å²) in [5.41, 5.74) is 0. The van der Waals surface area contributed by atoms with Gasteiger partial charge < -0.3 is 5.11 Å². The van der Waals surface area contributed by atoms with E-state index in [0.717, 1.165) is 12.8 Å². The van der Waals surface area contributed by atoms with Crippen molar-refractivity contribution in [3.05, 3.63) is 0 Å². The number of hydrogen-bond donors (Lipinski definition) is 1. The number of carbonyl (C=O) groups is 1. The molecule has 0 aliphatic rings. The molecule has 0 bridgehead atoms. The Bertz CT molecular complexity index is 232. The number of unbranched alkanes of at least 4 members (excludes halogenated alkanes) is 16. The van der Waals surface area contributed by atoms with E-state index in [9.17, 15) is 4.79 Å². The van der Waals surface area contributed by atoms with Crippen LogP contribution in [0.3, 0.4) is 0 Å². The Morgan fingerprint density at radius 1 is 0.565 bits per heavy atom. The van der Waals surface area contributed by atoms with E-state index in [1.54, 1.807) is 0 Å². The zero-order valence-corrected chi connectivity index (χ0v) is 21.3. The first-order valence-electron chi connectivity index (χ1n) is 9.99. The van der Waals surface area contributed by atoms with Crippen molar-refractivity contribution in [2.45, 2.75) is 122 Å². The Morgan fingerprint density at radius 3 is 1.09 bits per heavy atom. The van der Waals surface area contributed by atoms with Gasteiger partial charge in [0, 0.05) is 6.42 Å². The fourth-order valence-corrected chi connectivity index (χ4v) is 3.00. The zero-order valence-electron chi connectivity index (χ0n) is 15.8. The zero-order chi connectivity index (χ0) is 16.3. The number of hydrogen-bond acceptors (Lipinski definition) is 1. The van der Waals surface area contributed by atoms with Crippen LogP contribution in [0.25, 0.3) is 0 Å². The monoisotopic (exact) mass is 522 g/mol. The normalized spacial score (nSPS) is 10.5. The summed E-state index contributed by atoms with van der Waals surface area (Å²) in [4.78, 5) is 10.4. The molecule has 3 heteroatoms. The van der Waals surface area contributed by atoms with Gasteiger partial charge in [-0.25, -0.2) is 0 Å². The van der Waals surface area contributed by atoms with Gasteiger partial charge in [-0.2, -0.15) is 0 Å². The van der Waals surface area contributed by atoms with Crippen LogP contribution in [0.4, 0.5) is 0 Å². The average Bonchev–Trinajstić information content (AvgIpc) is 2.50. The molecule has 0 rings (SSSR count). The Labute approximate surface area is 165 Å². The predicted molar refractivity (Wildman–Crippen MR) is 105 cm³/mol. The van der Waals surface area contributed by atoms with Crippen molar-refractivity contribution in [2.75, 3.05) is 0 Å². The first-order valence-corrected chi connectivity index (χ1v) is 9.99. The number of rotatable bonds is 18. The van der Waals surface area contributed by atoms with Crippen LogP contribution >= 0.6 is 0 Å². The third-order valence-corrected chi connectivity index (χ3v) is 4.49. The Balaban J connectivity index is 0. The summed E-state index contributed by atoms with van der Waals surface area (Å²) in [6.07, 6.45) is 23.1. The van der Waals surface area contributed by atoms with Crippen molar-refractivity contribution in [1.82, 2.24) is 0 Å². The molecule has 0 aliphatic carbocycles. The van der Waals surface area contributed by atoms with Crippen LogP contribution in [0.1, 0.15) is 122 Å². The molecule has 2 radical (unpaired) electrons. The van der Waals surface area contributed by atoms with Gasteiger partial charge in [0.15, 0.2) is 0 Å². The second-order valence-corrected chi connectivity index (χ2v) is 6.80. The topological polar surface area (TPSA) is 37.3 Å². The minimum absolute atomic E-state index is 0. The molecule has 0 aromatic heterocycles. The summed E-state index contributed by atoms with van der Waals surface area (Å²) in [5, 5.41) is 8.54. The third-order valence-electron chi connectivity index (χ3n) is 4.49. The van der Waals surface area contributed by atoms with Gasteiger partial charge in [-0.3, -0.25) is 4.79 Å². The fourth-order valence-electron chi connectivity index (χ4n) is 3.00. The van der Waals surface area contributed by atoms with E-state index >= 15 is 0 Å². The van der Waals surface area contributed by atoms with Gasteiger partial charge in [0.1, 0.15) is 0 Å². The Morgan fingerprint density at radius 2 is 0.826 bits per heavy atom. The van der Waals surface area contributed by atoms with Crippen molar-refractivity contribution in [1.29, 1.82) is 0 Å². The molecule has 0 spiro atoms. The fraction of sp³-hybridized carbons (Fsp3) is 0.950. The van der Waals surface area contributed by atoms with Gasteiger partial charge in [0.05, 0.1) is 0 Å². The quantitative estimate of drug-likeness (QED) is 0.172. The van der Waals surface area contributed by atoms with Crippen molar-refractivity contribution in [3.8, 4) is 0 Å².